The van der Waals surface area contributed by atoms with Crippen molar-refractivity contribution in [3.63, 3.8) is 0 Å². The van der Waals surface area contributed by atoms with Gasteiger partial charge in [-0.05, 0) is 20.8 Å². The van der Waals surface area contributed by atoms with Crippen LogP contribution in [-0.4, -0.2) is 56.8 Å². The summed E-state index contributed by atoms with van der Waals surface area (Å²) in [6.07, 6.45) is 3.64. The second kappa shape index (κ2) is 6.80. The average Bonchev–Trinajstić information content (AvgIpc) is 2.46. The van der Waals surface area contributed by atoms with Crippen molar-refractivity contribution in [1.82, 2.24) is 14.9 Å². The van der Waals surface area contributed by atoms with Gasteiger partial charge in [-0.15, -0.1) is 0 Å². The molecule has 0 aliphatic carbocycles. The van der Waals surface area contributed by atoms with Crippen LogP contribution in [0.3, 0.4) is 0 Å². The number of rotatable bonds is 3. The van der Waals surface area contributed by atoms with Crippen molar-refractivity contribution in [3.05, 3.63) is 18.2 Å². The maximum atomic E-state index is 12.0. The molecule has 0 unspecified atom stereocenters. The molecule has 8 heteroatoms. The van der Waals surface area contributed by atoms with Crippen LogP contribution in [0.2, 0.25) is 0 Å². The van der Waals surface area contributed by atoms with E-state index in [4.69, 9.17) is 14.6 Å². The van der Waals surface area contributed by atoms with Crippen molar-refractivity contribution >= 4 is 12.1 Å². The van der Waals surface area contributed by atoms with E-state index in [-0.39, 0.29) is 18.0 Å². The van der Waals surface area contributed by atoms with Gasteiger partial charge in [-0.25, -0.2) is 19.6 Å². The first kappa shape index (κ1) is 17.0. The number of ether oxygens (including phenoxy) is 2. The summed E-state index contributed by atoms with van der Waals surface area (Å²) in [4.78, 5) is 31.7. The van der Waals surface area contributed by atoms with Crippen LogP contribution in [0.4, 0.5) is 4.79 Å². The second-order valence-electron chi connectivity index (χ2n) is 6.33. The van der Waals surface area contributed by atoms with Gasteiger partial charge in [0.05, 0.1) is 12.4 Å². The van der Waals surface area contributed by atoms with Crippen LogP contribution in [0.5, 0.6) is 5.75 Å². The molecule has 8 nitrogen and oxygen atoms in total. The zero-order valence-corrected chi connectivity index (χ0v) is 13.5. The minimum atomic E-state index is -1.18. The third kappa shape index (κ3) is 5.08. The predicted molar refractivity (Wildman–Crippen MR) is 80.4 cm³/mol. The van der Waals surface area contributed by atoms with Gasteiger partial charge in [0.1, 0.15) is 11.7 Å². The van der Waals surface area contributed by atoms with E-state index in [0.717, 1.165) is 0 Å². The number of piperidine rings is 1. The fourth-order valence-electron chi connectivity index (χ4n) is 2.16. The Morgan fingerprint density at radius 2 is 1.78 bits per heavy atom. The SMILES string of the molecule is CC(C)(C)OC(=O)N1CCC(Oc2cnc(C(=O)O)nc2)CC1. The molecule has 1 aromatic heterocycles. The summed E-state index contributed by atoms with van der Waals surface area (Å²) in [5, 5.41) is 8.74. The maximum absolute atomic E-state index is 12.0. The lowest BCUT2D eigenvalue weighted by molar-refractivity contribution is 0.0126. The molecule has 2 rings (SSSR count). The Morgan fingerprint density at radius 3 is 2.26 bits per heavy atom. The first-order valence-electron chi connectivity index (χ1n) is 7.44. The summed E-state index contributed by atoms with van der Waals surface area (Å²) in [7, 11) is 0. The van der Waals surface area contributed by atoms with Crippen LogP contribution in [0, 0.1) is 0 Å². The maximum Gasteiger partial charge on any atom is 0.410 e. The van der Waals surface area contributed by atoms with E-state index in [1.807, 2.05) is 20.8 Å². The highest BCUT2D eigenvalue weighted by atomic mass is 16.6. The largest absolute Gasteiger partial charge is 0.487 e. The molecule has 0 spiro atoms. The Hall–Kier alpha value is -2.38. The molecule has 1 saturated heterocycles. The molecule has 1 N–H and O–H groups in total. The van der Waals surface area contributed by atoms with Crippen LogP contribution in [0.25, 0.3) is 0 Å². The van der Waals surface area contributed by atoms with Crippen molar-refractivity contribution < 1.29 is 24.2 Å². The zero-order chi connectivity index (χ0) is 17.0. The summed E-state index contributed by atoms with van der Waals surface area (Å²) >= 11 is 0. The number of likely N-dealkylation sites (tertiary alicyclic amines) is 1. The van der Waals surface area contributed by atoms with Crippen LogP contribution in [0.1, 0.15) is 44.2 Å². The Kier molecular flexibility index (Phi) is 5.02. The van der Waals surface area contributed by atoms with Gasteiger partial charge in [-0.1, -0.05) is 0 Å². The quantitative estimate of drug-likeness (QED) is 0.907. The Morgan fingerprint density at radius 1 is 1.22 bits per heavy atom. The van der Waals surface area contributed by atoms with Gasteiger partial charge in [-0.3, -0.25) is 0 Å². The minimum Gasteiger partial charge on any atom is -0.487 e. The highest BCUT2D eigenvalue weighted by Crippen LogP contribution is 2.19. The number of carbonyl (C=O) groups is 2. The average molecular weight is 323 g/mol. The third-order valence-corrected chi connectivity index (χ3v) is 3.22. The van der Waals surface area contributed by atoms with Gasteiger partial charge in [0.2, 0.25) is 5.82 Å². The molecule has 1 aliphatic heterocycles. The highest BCUT2D eigenvalue weighted by Gasteiger charge is 2.27. The second-order valence-corrected chi connectivity index (χ2v) is 6.33. The molecule has 1 aliphatic rings. The summed E-state index contributed by atoms with van der Waals surface area (Å²) < 4.78 is 11.1. The first-order valence-corrected chi connectivity index (χ1v) is 7.44. The van der Waals surface area contributed by atoms with E-state index >= 15 is 0 Å². The molecule has 0 radical (unpaired) electrons. The number of nitrogens with zero attached hydrogens (tertiary/aromatic N) is 3. The lowest BCUT2D eigenvalue weighted by Crippen LogP contribution is -2.44. The van der Waals surface area contributed by atoms with Crippen molar-refractivity contribution in [1.29, 1.82) is 0 Å². The number of hydrogen-bond acceptors (Lipinski definition) is 6. The Bertz CT molecular complexity index is 559. The van der Waals surface area contributed by atoms with Crippen molar-refractivity contribution in [2.24, 2.45) is 0 Å². The molecule has 126 valence electrons. The van der Waals surface area contributed by atoms with E-state index in [1.54, 1.807) is 4.90 Å². The monoisotopic (exact) mass is 323 g/mol. The molecule has 1 fully saturated rings. The van der Waals surface area contributed by atoms with Gasteiger partial charge in [0, 0.05) is 25.9 Å². The molecule has 0 atom stereocenters. The molecule has 0 bridgehead atoms. The van der Waals surface area contributed by atoms with E-state index in [0.29, 0.717) is 31.7 Å². The van der Waals surface area contributed by atoms with Gasteiger partial charge < -0.3 is 19.5 Å². The van der Waals surface area contributed by atoms with E-state index in [9.17, 15) is 9.59 Å². The van der Waals surface area contributed by atoms with Crippen LogP contribution >= 0.6 is 0 Å². The fourth-order valence-corrected chi connectivity index (χ4v) is 2.16. The number of carboxylic acids is 1. The van der Waals surface area contributed by atoms with Crippen molar-refractivity contribution in [3.8, 4) is 5.75 Å². The highest BCUT2D eigenvalue weighted by molar-refractivity contribution is 5.82. The lowest BCUT2D eigenvalue weighted by atomic mass is 10.1. The number of amides is 1. The summed E-state index contributed by atoms with van der Waals surface area (Å²) in [5.41, 5.74) is -0.506. The van der Waals surface area contributed by atoms with Gasteiger partial charge >= 0.3 is 12.1 Å². The smallest absolute Gasteiger partial charge is 0.410 e. The zero-order valence-electron chi connectivity index (χ0n) is 13.5. The van der Waals surface area contributed by atoms with Gasteiger partial charge in [-0.2, -0.15) is 0 Å². The summed E-state index contributed by atoms with van der Waals surface area (Å²) in [6, 6.07) is 0. The summed E-state index contributed by atoms with van der Waals surface area (Å²) in [5.74, 6) is -1.02. The first-order chi connectivity index (χ1) is 10.7. The molecule has 0 aromatic carbocycles. The Balaban J connectivity index is 1.82. The number of carbonyl (C=O) groups excluding carboxylic acids is 1. The molecule has 23 heavy (non-hydrogen) atoms. The van der Waals surface area contributed by atoms with Crippen LogP contribution < -0.4 is 4.74 Å². The van der Waals surface area contributed by atoms with Gasteiger partial charge in [0.25, 0.3) is 0 Å². The van der Waals surface area contributed by atoms with E-state index in [2.05, 4.69) is 9.97 Å². The molecular formula is C15H21N3O5. The number of aromatic nitrogens is 2. The van der Waals surface area contributed by atoms with Crippen LogP contribution in [-0.2, 0) is 4.74 Å². The van der Waals surface area contributed by atoms with E-state index in [1.165, 1.54) is 12.4 Å². The predicted octanol–water partition coefficient (Wildman–Crippen LogP) is 1.95. The molecular weight excluding hydrogens is 302 g/mol. The topological polar surface area (TPSA) is 102 Å². The van der Waals surface area contributed by atoms with Crippen molar-refractivity contribution in [2.75, 3.05) is 13.1 Å². The molecule has 1 amide bonds. The lowest BCUT2D eigenvalue weighted by Gasteiger charge is -2.33. The Labute approximate surface area is 134 Å². The van der Waals surface area contributed by atoms with Gasteiger partial charge in [0.15, 0.2) is 5.75 Å². The van der Waals surface area contributed by atoms with E-state index < -0.39 is 11.6 Å². The summed E-state index contributed by atoms with van der Waals surface area (Å²) in [6.45, 7) is 6.60. The third-order valence-electron chi connectivity index (χ3n) is 3.22. The number of aromatic carboxylic acids is 1. The fraction of sp³-hybridized carbons (Fsp3) is 0.600. The normalized spacial score (nSPS) is 16.0. The molecule has 1 aromatic rings. The minimum absolute atomic E-state index is 0.0621. The van der Waals surface area contributed by atoms with Crippen molar-refractivity contribution in [2.45, 2.75) is 45.3 Å². The molecule has 0 saturated carbocycles. The standard InChI is InChI=1S/C15H21N3O5/c1-15(2,3)23-14(21)18-6-4-10(5-7-18)22-11-8-16-12(13(19)20)17-9-11/h8-10H,4-7H2,1-3H3,(H,19,20). The number of hydrogen-bond donors (Lipinski definition) is 1. The van der Waals surface area contributed by atoms with Crippen LogP contribution in [0.15, 0.2) is 12.4 Å². The number of carboxylic acid groups (broad SMARTS) is 1. The molecule has 2 heterocycles.